The fourth-order valence-electron chi connectivity index (χ4n) is 2.55. The molecule has 0 saturated heterocycles. The molecule has 0 fully saturated rings. The van der Waals surface area contributed by atoms with Gasteiger partial charge in [-0.2, -0.15) is 0 Å². The highest BCUT2D eigenvalue weighted by Crippen LogP contribution is 2.23. The Morgan fingerprint density at radius 3 is 2.80 bits per heavy atom. The average molecular weight is 275 g/mol. The van der Waals surface area contributed by atoms with Crippen LogP contribution in [0.5, 0.6) is 0 Å². The summed E-state index contributed by atoms with van der Waals surface area (Å²) in [6.45, 7) is 8.56. The van der Waals surface area contributed by atoms with Crippen molar-refractivity contribution in [1.82, 2.24) is 9.55 Å². The third-order valence-corrected chi connectivity index (χ3v) is 3.47. The van der Waals surface area contributed by atoms with E-state index in [9.17, 15) is 0 Å². The van der Waals surface area contributed by atoms with Crippen LogP contribution in [-0.2, 0) is 17.7 Å². The number of imidazole rings is 1. The summed E-state index contributed by atoms with van der Waals surface area (Å²) in [6, 6.07) is 6.73. The molecular formula is C16H25N3O. The zero-order valence-corrected chi connectivity index (χ0v) is 12.7. The van der Waals surface area contributed by atoms with Gasteiger partial charge in [0.15, 0.2) is 0 Å². The highest BCUT2D eigenvalue weighted by Gasteiger charge is 2.13. The Kier molecular flexibility index (Phi) is 5.15. The molecule has 1 heterocycles. The zero-order chi connectivity index (χ0) is 14.5. The van der Waals surface area contributed by atoms with Crippen molar-refractivity contribution in [3.8, 4) is 0 Å². The van der Waals surface area contributed by atoms with Gasteiger partial charge in [0.1, 0.15) is 5.82 Å². The van der Waals surface area contributed by atoms with Crippen molar-refractivity contribution in [2.24, 2.45) is 5.73 Å². The SMILES string of the molecule is CCOCCCc1nc2cc(CN)ccc2n1C(C)C. The molecule has 2 aromatic rings. The number of aromatic nitrogens is 2. The molecule has 0 aliphatic heterocycles. The van der Waals surface area contributed by atoms with Crippen LogP contribution in [0.1, 0.15) is 44.6 Å². The summed E-state index contributed by atoms with van der Waals surface area (Å²) in [6.07, 6.45) is 1.96. The Morgan fingerprint density at radius 1 is 1.35 bits per heavy atom. The Morgan fingerprint density at radius 2 is 2.15 bits per heavy atom. The number of benzene rings is 1. The monoisotopic (exact) mass is 275 g/mol. The van der Waals surface area contributed by atoms with Crippen LogP contribution in [0.15, 0.2) is 18.2 Å². The number of hydrogen-bond donors (Lipinski definition) is 1. The van der Waals surface area contributed by atoms with Crippen LogP contribution in [0.25, 0.3) is 11.0 Å². The third kappa shape index (κ3) is 3.19. The van der Waals surface area contributed by atoms with E-state index in [4.69, 9.17) is 15.5 Å². The average Bonchev–Trinajstić information content (AvgIpc) is 2.80. The van der Waals surface area contributed by atoms with Crippen LogP contribution in [0.4, 0.5) is 0 Å². The molecule has 0 aliphatic rings. The van der Waals surface area contributed by atoms with Crippen molar-refractivity contribution in [2.45, 2.75) is 46.2 Å². The Hall–Kier alpha value is -1.39. The van der Waals surface area contributed by atoms with Crippen LogP contribution in [0.3, 0.4) is 0 Å². The molecule has 1 aromatic heterocycles. The Balaban J connectivity index is 2.29. The van der Waals surface area contributed by atoms with Gasteiger partial charge in [-0.25, -0.2) is 4.98 Å². The molecule has 0 amide bonds. The number of aryl methyl sites for hydroxylation is 1. The number of nitrogens with zero attached hydrogens (tertiary/aromatic N) is 2. The quantitative estimate of drug-likeness (QED) is 0.790. The number of nitrogens with two attached hydrogens (primary N) is 1. The van der Waals surface area contributed by atoms with Gasteiger partial charge in [-0.1, -0.05) is 6.07 Å². The summed E-state index contributed by atoms with van der Waals surface area (Å²) >= 11 is 0. The van der Waals surface area contributed by atoms with Crippen LogP contribution >= 0.6 is 0 Å². The first kappa shape index (κ1) is 15.0. The van der Waals surface area contributed by atoms with E-state index < -0.39 is 0 Å². The number of ether oxygens (including phenoxy) is 1. The van der Waals surface area contributed by atoms with Crippen LogP contribution < -0.4 is 5.73 Å². The molecule has 0 aliphatic carbocycles. The van der Waals surface area contributed by atoms with Crippen molar-refractivity contribution in [1.29, 1.82) is 0 Å². The van der Waals surface area contributed by atoms with Crippen LogP contribution in [-0.4, -0.2) is 22.8 Å². The molecule has 2 N–H and O–H groups in total. The first-order chi connectivity index (χ1) is 9.67. The van der Waals surface area contributed by atoms with Gasteiger partial charge < -0.3 is 15.0 Å². The van der Waals surface area contributed by atoms with E-state index in [0.717, 1.165) is 43.0 Å². The summed E-state index contributed by atoms with van der Waals surface area (Å²) < 4.78 is 7.73. The lowest BCUT2D eigenvalue weighted by Crippen LogP contribution is -2.07. The van der Waals surface area contributed by atoms with Crippen LogP contribution in [0.2, 0.25) is 0 Å². The molecular weight excluding hydrogens is 250 g/mol. The lowest BCUT2D eigenvalue weighted by Gasteiger charge is -2.13. The largest absolute Gasteiger partial charge is 0.382 e. The van der Waals surface area contributed by atoms with Gasteiger partial charge in [-0.3, -0.25) is 0 Å². The molecule has 4 nitrogen and oxygen atoms in total. The summed E-state index contributed by atoms with van der Waals surface area (Å²) in [4.78, 5) is 4.79. The van der Waals surface area contributed by atoms with Gasteiger partial charge in [-0.05, 0) is 44.9 Å². The molecule has 110 valence electrons. The highest BCUT2D eigenvalue weighted by atomic mass is 16.5. The van der Waals surface area contributed by atoms with E-state index >= 15 is 0 Å². The summed E-state index contributed by atoms with van der Waals surface area (Å²) in [5.74, 6) is 1.14. The van der Waals surface area contributed by atoms with Crippen molar-refractivity contribution in [2.75, 3.05) is 13.2 Å². The molecule has 4 heteroatoms. The van der Waals surface area contributed by atoms with E-state index in [1.54, 1.807) is 0 Å². The van der Waals surface area contributed by atoms with E-state index in [0.29, 0.717) is 12.6 Å². The van der Waals surface area contributed by atoms with Gasteiger partial charge in [0.05, 0.1) is 11.0 Å². The Bertz CT molecular complexity index is 560. The predicted octanol–water partition coefficient (Wildman–Crippen LogP) is 3.05. The molecule has 20 heavy (non-hydrogen) atoms. The third-order valence-electron chi connectivity index (χ3n) is 3.47. The smallest absolute Gasteiger partial charge is 0.110 e. The molecule has 0 saturated carbocycles. The fraction of sp³-hybridized carbons (Fsp3) is 0.562. The van der Waals surface area contributed by atoms with Crippen molar-refractivity contribution >= 4 is 11.0 Å². The van der Waals surface area contributed by atoms with E-state index in [2.05, 4.69) is 36.6 Å². The van der Waals surface area contributed by atoms with Gasteiger partial charge in [0.2, 0.25) is 0 Å². The maximum absolute atomic E-state index is 5.71. The lowest BCUT2D eigenvalue weighted by atomic mass is 10.2. The van der Waals surface area contributed by atoms with E-state index in [1.807, 2.05) is 6.92 Å². The first-order valence-corrected chi connectivity index (χ1v) is 7.45. The van der Waals surface area contributed by atoms with E-state index in [1.165, 1.54) is 5.52 Å². The first-order valence-electron chi connectivity index (χ1n) is 7.45. The minimum absolute atomic E-state index is 0.408. The molecule has 0 atom stereocenters. The molecule has 0 bridgehead atoms. The second-order valence-corrected chi connectivity index (χ2v) is 5.32. The summed E-state index contributed by atoms with van der Waals surface area (Å²) in [7, 11) is 0. The lowest BCUT2D eigenvalue weighted by molar-refractivity contribution is 0.144. The maximum atomic E-state index is 5.71. The van der Waals surface area contributed by atoms with Crippen molar-refractivity contribution in [3.63, 3.8) is 0 Å². The number of hydrogen-bond acceptors (Lipinski definition) is 3. The maximum Gasteiger partial charge on any atom is 0.110 e. The normalized spacial score (nSPS) is 11.7. The molecule has 0 radical (unpaired) electrons. The van der Waals surface area contributed by atoms with Gasteiger partial charge >= 0.3 is 0 Å². The number of rotatable bonds is 7. The Labute approximate surface area is 120 Å². The van der Waals surface area contributed by atoms with Crippen LogP contribution in [0, 0.1) is 0 Å². The van der Waals surface area contributed by atoms with Crippen molar-refractivity contribution in [3.05, 3.63) is 29.6 Å². The predicted molar refractivity (Wildman–Crippen MR) is 82.8 cm³/mol. The summed E-state index contributed by atoms with van der Waals surface area (Å²) in [5, 5.41) is 0. The minimum atomic E-state index is 0.408. The molecule has 0 spiro atoms. The second kappa shape index (κ2) is 6.86. The van der Waals surface area contributed by atoms with Gasteiger partial charge in [0, 0.05) is 32.2 Å². The topological polar surface area (TPSA) is 53.1 Å². The van der Waals surface area contributed by atoms with Gasteiger partial charge in [-0.15, -0.1) is 0 Å². The number of fused-ring (bicyclic) bond motifs is 1. The fourth-order valence-corrected chi connectivity index (χ4v) is 2.55. The zero-order valence-electron chi connectivity index (χ0n) is 12.7. The second-order valence-electron chi connectivity index (χ2n) is 5.32. The molecule has 1 aromatic carbocycles. The van der Waals surface area contributed by atoms with Crippen molar-refractivity contribution < 1.29 is 4.74 Å². The molecule has 0 unspecified atom stereocenters. The highest BCUT2D eigenvalue weighted by molar-refractivity contribution is 5.77. The van der Waals surface area contributed by atoms with Gasteiger partial charge in [0.25, 0.3) is 0 Å². The standard InChI is InChI=1S/C16H25N3O/c1-4-20-9-5-6-16-18-14-10-13(11-17)7-8-15(14)19(16)12(2)3/h7-8,10,12H,4-6,9,11,17H2,1-3H3. The minimum Gasteiger partial charge on any atom is -0.382 e. The summed E-state index contributed by atoms with van der Waals surface area (Å²) in [5.41, 5.74) is 9.09. The molecule has 2 rings (SSSR count). The van der Waals surface area contributed by atoms with E-state index in [-0.39, 0.29) is 0 Å².